The lowest BCUT2D eigenvalue weighted by molar-refractivity contribution is -0.142. The van der Waals surface area contributed by atoms with E-state index in [0.717, 1.165) is 44.9 Å². The van der Waals surface area contributed by atoms with Gasteiger partial charge < -0.3 is 16.2 Å². The Labute approximate surface area is 266 Å². The number of aliphatic hydroxyl groups excluding tert-OH is 1. The maximum atomic E-state index is 13.7. The molecule has 246 valence electrons. The summed E-state index contributed by atoms with van der Waals surface area (Å²) in [6.07, 6.45) is 9.84. The predicted octanol–water partition coefficient (Wildman–Crippen LogP) is 6.73. The van der Waals surface area contributed by atoms with Gasteiger partial charge >= 0.3 is 0 Å². The van der Waals surface area contributed by atoms with Crippen LogP contribution in [0.2, 0.25) is 0 Å². The third-order valence-corrected chi connectivity index (χ3v) is 13.5. The van der Waals surface area contributed by atoms with Gasteiger partial charge in [0, 0.05) is 30.1 Å². The van der Waals surface area contributed by atoms with Gasteiger partial charge in [-0.3, -0.25) is 14.4 Å². The molecule has 0 radical (unpaired) electrons. The molecule has 3 aliphatic rings. The molecule has 0 saturated heterocycles. The van der Waals surface area contributed by atoms with E-state index in [9.17, 15) is 19.5 Å². The van der Waals surface area contributed by atoms with Crippen molar-refractivity contribution in [3.63, 3.8) is 0 Å². The largest absolute Gasteiger partial charge is 0.393 e. The van der Waals surface area contributed by atoms with E-state index in [1.165, 1.54) is 0 Å². The molecule has 3 rings (SSSR count). The Hall–Kier alpha value is -1.18. The Morgan fingerprint density at radius 3 is 2.44 bits per heavy atom. The van der Waals surface area contributed by atoms with Crippen molar-refractivity contribution in [3.05, 3.63) is 12.7 Å². The molecule has 0 spiro atoms. The van der Waals surface area contributed by atoms with E-state index < -0.39 is 12.1 Å². The number of carbonyl (C=O) groups is 3. The maximum Gasteiger partial charge on any atom is 0.237 e. The van der Waals surface area contributed by atoms with Crippen LogP contribution in [0.3, 0.4) is 0 Å². The lowest BCUT2D eigenvalue weighted by Crippen LogP contribution is -2.53. The fourth-order valence-electron chi connectivity index (χ4n) is 8.87. The number of nitrogens with one attached hydrogen (secondary N) is 1. The van der Waals surface area contributed by atoms with Gasteiger partial charge in [-0.2, -0.15) is 0 Å². The van der Waals surface area contributed by atoms with Crippen molar-refractivity contribution < 1.29 is 19.5 Å². The van der Waals surface area contributed by atoms with Crippen molar-refractivity contribution in [2.75, 3.05) is 12.3 Å². The van der Waals surface area contributed by atoms with Crippen molar-refractivity contribution in [1.29, 1.82) is 0 Å². The van der Waals surface area contributed by atoms with E-state index in [1.807, 2.05) is 19.9 Å². The summed E-state index contributed by atoms with van der Waals surface area (Å²) in [6, 6.07) is -0.539. The van der Waals surface area contributed by atoms with Crippen LogP contribution < -0.4 is 11.1 Å². The molecule has 0 heterocycles. The number of nitrogens with two attached hydrogens (primary N) is 1. The average Bonchev–Trinajstić information content (AvgIpc) is 3.29. The van der Waals surface area contributed by atoms with E-state index in [-0.39, 0.29) is 56.4 Å². The van der Waals surface area contributed by atoms with Crippen LogP contribution >= 0.6 is 11.8 Å². The number of thioether (sulfide) groups is 1. The molecule has 3 fully saturated rings. The quantitative estimate of drug-likeness (QED) is 0.234. The summed E-state index contributed by atoms with van der Waals surface area (Å²) in [5.74, 6) is 1.79. The Morgan fingerprint density at radius 2 is 1.81 bits per heavy atom. The Bertz CT molecular complexity index is 1030. The molecular weight excluding hydrogens is 556 g/mol. The van der Waals surface area contributed by atoms with Gasteiger partial charge in [-0.1, -0.05) is 47.6 Å². The van der Waals surface area contributed by atoms with Gasteiger partial charge in [0.05, 0.1) is 17.9 Å². The van der Waals surface area contributed by atoms with Crippen molar-refractivity contribution in [1.82, 2.24) is 5.32 Å². The number of allylic oxidation sites excluding steroid dienone is 1. The third kappa shape index (κ3) is 8.35. The molecule has 1 amide bonds. The van der Waals surface area contributed by atoms with Crippen LogP contribution in [0.15, 0.2) is 12.7 Å². The lowest BCUT2D eigenvalue weighted by Gasteiger charge is -2.57. The predicted molar refractivity (Wildman–Crippen MR) is 179 cm³/mol. The zero-order valence-corrected chi connectivity index (χ0v) is 29.3. The first-order chi connectivity index (χ1) is 19.9. The molecule has 0 aromatic heterocycles. The summed E-state index contributed by atoms with van der Waals surface area (Å²) in [6.45, 7) is 21.7. The Morgan fingerprint density at radius 1 is 1.14 bits per heavy atom. The lowest BCUT2D eigenvalue weighted by atomic mass is 9.47. The van der Waals surface area contributed by atoms with Crippen LogP contribution in [-0.2, 0) is 14.4 Å². The topological polar surface area (TPSA) is 109 Å². The zero-order valence-electron chi connectivity index (χ0n) is 28.5. The molecule has 43 heavy (non-hydrogen) atoms. The first kappa shape index (κ1) is 36.3. The van der Waals surface area contributed by atoms with Gasteiger partial charge in [-0.15, -0.1) is 18.3 Å². The molecule has 9 atom stereocenters. The normalized spacial score (nSPS) is 38.0. The third-order valence-electron chi connectivity index (χ3n) is 12.1. The molecule has 7 heteroatoms. The summed E-state index contributed by atoms with van der Waals surface area (Å²) in [4.78, 5) is 39.7. The second kappa shape index (κ2) is 14.1. The van der Waals surface area contributed by atoms with Crippen molar-refractivity contribution >= 4 is 29.2 Å². The van der Waals surface area contributed by atoms with Crippen molar-refractivity contribution in [2.45, 2.75) is 136 Å². The first-order valence-corrected chi connectivity index (χ1v) is 17.9. The number of carbonyl (C=O) groups excluding carboxylic acids is 3. The minimum Gasteiger partial charge on any atom is -0.393 e. The van der Waals surface area contributed by atoms with Crippen molar-refractivity contribution in [3.8, 4) is 0 Å². The summed E-state index contributed by atoms with van der Waals surface area (Å²) in [5, 5.41) is 14.3. The van der Waals surface area contributed by atoms with Gasteiger partial charge in [-0.05, 0) is 105 Å². The number of rotatable bonds is 10. The molecule has 0 unspecified atom stereocenters. The smallest absolute Gasteiger partial charge is 0.237 e. The number of aliphatic hydroxyl groups is 1. The second-order valence-electron chi connectivity index (χ2n) is 16.3. The minimum atomic E-state index is -0.539. The molecule has 2 bridgehead atoms. The van der Waals surface area contributed by atoms with Crippen LogP contribution in [0.25, 0.3) is 0 Å². The zero-order chi connectivity index (χ0) is 32.4. The van der Waals surface area contributed by atoms with E-state index >= 15 is 0 Å². The van der Waals surface area contributed by atoms with Gasteiger partial charge in [0.2, 0.25) is 5.91 Å². The Balaban J connectivity index is 1.80. The highest BCUT2D eigenvalue weighted by molar-refractivity contribution is 8.01. The fraction of sp³-hybridized carbons (Fsp3) is 0.861. The first-order valence-electron chi connectivity index (χ1n) is 16.9. The fourth-order valence-corrected chi connectivity index (χ4v) is 9.71. The highest BCUT2D eigenvalue weighted by Gasteiger charge is 2.62. The molecule has 4 N–H and O–H groups in total. The number of hydrogen-bond donors (Lipinski definition) is 3. The number of ketones is 2. The van der Waals surface area contributed by atoms with Crippen LogP contribution in [0.5, 0.6) is 0 Å². The van der Waals surface area contributed by atoms with E-state index in [4.69, 9.17) is 5.73 Å². The molecule has 0 aliphatic heterocycles. The van der Waals surface area contributed by atoms with Gasteiger partial charge in [0.1, 0.15) is 11.6 Å². The molecular formula is C36H62N2O4S. The number of hydrogen-bond acceptors (Lipinski definition) is 6. The monoisotopic (exact) mass is 618 g/mol. The van der Waals surface area contributed by atoms with E-state index in [1.54, 1.807) is 11.8 Å². The van der Waals surface area contributed by atoms with Crippen LogP contribution in [-0.4, -0.2) is 51.8 Å². The number of amides is 1. The summed E-state index contributed by atoms with van der Waals surface area (Å²) >= 11 is 1.59. The molecule has 0 aromatic rings. The van der Waals surface area contributed by atoms with Crippen LogP contribution in [0.4, 0.5) is 0 Å². The second-order valence-corrected chi connectivity index (χ2v) is 18.0. The van der Waals surface area contributed by atoms with Gasteiger partial charge in [0.15, 0.2) is 0 Å². The van der Waals surface area contributed by atoms with E-state index in [2.05, 4.69) is 53.4 Å². The highest BCUT2D eigenvalue weighted by Crippen LogP contribution is 2.65. The minimum absolute atomic E-state index is 0.00268. The van der Waals surface area contributed by atoms with Gasteiger partial charge in [-0.25, -0.2) is 0 Å². The molecule has 3 aliphatic carbocycles. The average molecular weight is 619 g/mol. The maximum absolute atomic E-state index is 13.7. The Kier molecular flexibility index (Phi) is 11.9. The van der Waals surface area contributed by atoms with Crippen LogP contribution in [0, 0.1) is 45.8 Å². The standard InChI is InChI=1S/C36H62N2O4S/c1-10-34(8)14-12-26(18-28(40)21-43-33(6,7)22-38-32(42)30(37)23(2)3)19-35(9)24(4)11-15-36(16-13-29(41)31(35)36)25(5)17-27(39)20-34/h10,23-27,30-31,39H,1,11-22,37H2,2-9H3,(H,38,42)/t24-,25+,26+,27+,30-,31+,34-,35-,36+/m1/s1. The van der Waals surface area contributed by atoms with Gasteiger partial charge in [0.25, 0.3) is 0 Å². The summed E-state index contributed by atoms with van der Waals surface area (Å²) in [5.41, 5.74) is 5.59. The molecule has 6 nitrogen and oxygen atoms in total. The van der Waals surface area contributed by atoms with Crippen molar-refractivity contribution in [2.24, 2.45) is 51.6 Å². The van der Waals surface area contributed by atoms with Crippen LogP contribution in [0.1, 0.15) is 120 Å². The SMILES string of the molecule is C=C[C@]1(C)CC[C@@H](CC(=O)CSC(C)(C)CNC(=O)[C@H](N)C(C)C)C[C@]2(C)[C@H](C)CC[C@]3(CCC(=O)[C@@H]23)[C@@H](C)C[C@H](O)C1. The summed E-state index contributed by atoms with van der Waals surface area (Å²) < 4.78 is -0.304. The molecule has 3 saturated carbocycles. The summed E-state index contributed by atoms with van der Waals surface area (Å²) in [7, 11) is 0. The molecule has 0 aromatic carbocycles. The van der Waals surface area contributed by atoms with E-state index in [0.29, 0.717) is 43.3 Å². The number of Topliss-reactive ketones (excluding diaryl/α,β-unsaturated/α-hetero) is 2. The highest BCUT2D eigenvalue weighted by atomic mass is 32.2.